The smallest absolute Gasteiger partial charge is 0.129 e. The summed E-state index contributed by atoms with van der Waals surface area (Å²) in [5.74, 6) is 1.13. The van der Waals surface area contributed by atoms with Gasteiger partial charge in [-0.1, -0.05) is 13.0 Å². The normalized spacial score (nSPS) is 11.5. The van der Waals surface area contributed by atoms with Gasteiger partial charge in [-0.25, -0.2) is 4.39 Å². The fourth-order valence-electron chi connectivity index (χ4n) is 1.02. The molecule has 0 amide bonds. The van der Waals surface area contributed by atoms with E-state index in [-0.39, 0.29) is 5.82 Å². The Morgan fingerprint density at radius 3 is 2.85 bits per heavy atom. The van der Waals surface area contributed by atoms with Crippen molar-refractivity contribution in [2.24, 2.45) is 0 Å². The summed E-state index contributed by atoms with van der Waals surface area (Å²) in [4.78, 5) is 0. The van der Waals surface area contributed by atoms with Gasteiger partial charge in [0.05, 0.1) is 5.76 Å². The molecule has 0 radical (unpaired) electrons. The maximum absolute atomic E-state index is 12.7. The van der Waals surface area contributed by atoms with E-state index in [0.29, 0.717) is 5.75 Å². The molecule has 1 aromatic carbocycles. The van der Waals surface area contributed by atoms with Crippen LogP contribution in [0.5, 0.6) is 5.75 Å². The first-order valence-corrected chi connectivity index (χ1v) is 4.35. The summed E-state index contributed by atoms with van der Waals surface area (Å²) in [6.45, 7) is 3.90. The van der Waals surface area contributed by atoms with Crippen LogP contribution in [0, 0.1) is 5.82 Å². The lowest BCUT2D eigenvalue weighted by Gasteiger charge is -2.06. The van der Waals surface area contributed by atoms with Crippen LogP contribution in [-0.4, -0.2) is 0 Å². The fourth-order valence-corrected chi connectivity index (χ4v) is 1.02. The van der Waals surface area contributed by atoms with Crippen molar-refractivity contribution in [3.05, 3.63) is 41.9 Å². The van der Waals surface area contributed by atoms with Crippen molar-refractivity contribution in [2.75, 3.05) is 0 Å². The average Bonchev–Trinajstić information content (AvgIpc) is 2.14. The van der Waals surface area contributed by atoms with Crippen molar-refractivity contribution in [2.45, 2.75) is 20.3 Å². The van der Waals surface area contributed by atoms with Gasteiger partial charge in [-0.2, -0.15) is 0 Å². The molecule has 0 saturated carbocycles. The molecule has 0 aromatic heterocycles. The topological polar surface area (TPSA) is 9.23 Å². The molecule has 70 valence electrons. The molecule has 0 aliphatic carbocycles. The van der Waals surface area contributed by atoms with Gasteiger partial charge in [0.25, 0.3) is 0 Å². The third kappa shape index (κ3) is 2.90. The molecule has 1 rings (SSSR count). The van der Waals surface area contributed by atoms with Crippen molar-refractivity contribution < 1.29 is 9.13 Å². The van der Waals surface area contributed by atoms with E-state index in [1.807, 2.05) is 19.9 Å². The highest BCUT2D eigenvalue weighted by molar-refractivity contribution is 5.24. The molecule has 2 heteroatoms. The minimum atomic E-state index is -0.274. The molecular weight excluding hydrogens is 167 g/mol. The Labute approximate surface area is 77.8 Å². The fraction of sp³-hybridized carbons (Fsp3) is 0.273. The number of halogens is 1. The van der Waals surface area contributed by atoms with Crippen LogP contribution >= 0.6 is 0 Å². The van der Waals surface area contributed by atoms with Crippen molar-refractivity contribution in [1.82, 2.24) is 0 Å². The van der Waals surface area contributed by atoms with Crippen LogP contribution in [0.3, 0.4) is 0 Å². The van der Waals surface area contributed by atoms with Crippen molar-refractivity contribution in [3.8, 4) is 5.75 Å². The minimum Gasteiger partial charge on any atom is -0.462 e. The number of benzene rings is 1. The standard InChI is InChI=1S/C11H13FO/c1-3-10(4-2)13-11-7-5-6-9(12)8-11/h3,5-8H,4H2,1-2H3. The summed E-state index contributed by atoms with van der Waals surface area (Å²) < 4.78 is 18.1. The van der Waals surface area contributed by atoms with Crippen LogP contribution < -0.4 is 4.74 Å². The second-order valence-corrected chi connectivity index (χ2v) is 2.67. The number of rotatable bonds is 3. The maximum atomic E-state index is 12.7. The lowest BCUT2D eigenvalue weighted by atomic mass is 10.3. The molecule has 0 N–H and O–H groups in total. The van der Waals surface area contributed by atoms with E-state index < -0.39 is 0 Å². The predicted molar refractivity (Wildman–Crippen MR) is 51.1 cm³/mol. The van der Waals surface area contributed by atoms with Crippen molar-refractivity contribution in [3.63, 3.8) is 0 Å². The summed E-state index contributed by atoms with van der Waals surface area (Å²) in [6, 6.07) is 6.14. The van der Waals surface area contributed by atoms with Crippen LogP contribution in [0.4, 0.5) is 4.39 Å². The maximum Gasteiger partial charge on any atom is 0.129 e. The first-order chi connectivity index (χ1) is 6.26. The van der Waals surface area contributed by atoms with E-state index in [2.05, 4.69) is 0 Å². The number of hydrogen-bond acceptors (Lipinski definition) is 1. The predicted octanol–water partition coefficient (Wildman–Crippen LogP) is 3.52. The highest BCUT2D eigenvalue weighted by Gasteiger charge is 1.98. The number of allylic oxidation sites excluding steroid dienone is 2. The Balaban J connectivity index is 2.74. The average molecular weight is 180 g/mol. The van der Waals surface area contributed by atoms with Gasteiger partial charge in [0.2, 0.25) is 0 Å². The summed E-state index contributed by atoms with van der Waals surface area (Å²) in [6.07, 6.45) is 2.69. The monoisotopic (exact) mass is 180 g/mol. The van der Waals surface area contributed by atoms with E-state index in [0.717, 1.165) is 12.2 Å². The lowest BCUT2D eigenvalue weighted by Crippen LogP contribution is -1.93. The molecule has 0 heterocycles. The summed E-state index contributed by atoms with van der Waals surface area (Å²) in [5, 5.41) is 0. The van der Waals surface area contributed by atoms with E-state index >= 15 is 0 Å². The van der Waals surface area contributed by atoms with Crippen LogP contribution in [0.1, 0.15) is 20.3 Å². The molecule has 0 aliphatic heterocycles. The molecule has 1 nitrogen and oxygen atoms in total. The Bertz CT molecular complexity index is 305. The van der Waals surface area contributed by atoms with E-state index in [1.54, 1.807) is 12.1 Å². The van der Waals surface area contributed by atoms with Gasteiger partial charge in [0, 0.05) is 12.5 Å². The van der Waals surface area contributed by atoms with E-state index in [9.17, 15) is 4.39 Å². The first-order valence-electron chi connectivity index (χ1n) is 4.35. The van der Waals surface area contributed by atoms with Crippen molar-refractivity contribution in [1.29, 1.82) is 0 Å². The summed E-state index contributed by atoms with van der Waals surface area (Å²) >= 11 is 0. The zero-order valence-electron chi connectivity index (χ0n) is 7.88. The molecule has 0 spiro atoms. The summed E-state index contributed by atoms with van der Waals surface area (Å²) in [5.41, 5.74) is 0. The van der Waals surface area contributed by atoms with Gasteiger partial charge in [-0.15, -0.1) is 0 Å². The van der Waals surface area contributed by atoms with Crippen LogP contribution in [0.2, 0.25) is 0 Å². The van der Waals surface area contributed by atoms with Crippen LogP contribution in [0.25, 0.3) is 0 Å². The molecular formula is C11H13FO. The van der Waals surface area contributed by atoms with Gasteiger partial charge >= 0.3 is 0 Å². The van der Waals surface area contributed by atoms with Crippen LogP contribution in [-0.2, 0) is 0 Å². The molecule has 0 aliphatic rings. The van der Waals surface area contributed by atoms with E-state index in [4.69, 9.17) is 4.74 Å². The quantitative estimate of drug-likeness (QED) is 0.647. The van der Waals surface area contributed by atoms with Gasteiger partial charge in [0.1, 0.15) is 11.6 Å². The number of ether oxygens (including phenoxy) is 1. The minimum absolute atomic E-state index is 0.274. The second kappa shape index (κ2) is 4.65. The Kier molecular flexibility index (Phi) is 3.50. The first kappa shape index (κ1) is 9.78. The third-order valence-electron chi connectivity index (χ3n) is 1.72. The second-order valence-electron chi connectivity index (χ2n) is 2.67. The van der Waals surface area contributed by atoms with Gasteiger partial charge < -0.3 is 4.74 Å². The van der Waals surface area contributed by atoms with E-state index in [1.165, 1.54) is 12.1 Å². The molecule has 0 unspecified atom stereocenters. The van der Waals surface area contributed by atoms with Crippen LogP contribution in [0.15, 0.2) is 36.1 Å². The summed E-state index contributed by atoms with van der Waals surface area (Å²) in [7, 11) is 0. The molecule has 0 bridgehead atoms. The third-order valence-corrected chi connectivity index (χ3v) is 1.72. The zero-order valence-corrected chi connectivity index (χ0v) is 7.88. The van der Waals surface area contributed by atoms with Crippen molar-refractivity contribution >= 4 is 0 Å². The number of hydrogen-bond donors (Lipinski definition) is 0. The highest BCUT2D eigenvalue weighted by Crippen LogP contribution is 2.16. The lowest BCUT2D eigenvalue weighted by molar-refractivity contribution is 0.405. The molecule has 0 atom stereocenters. The molecule has 0 fully saturated rings. The SMILES string of the molecule is CC=C(CC)Oc1cccc(F)c1. The largest absolute Gasteiger partial charge is 0.462 e. The highest BCUT2D eigenvalue weighted by atomic mass is 19.1. The van der Waals surface area contributed by atoms with Gasteiger partial charge in [-0.3, -0.25) is 0 Å². The Morgan fingerprint density at radius 1 is 1.54 bits per heavy atom. The molecule has 13 heavy (non-hydrogen) atoms. The van der Waals surface area contributed by atoms with Gasteiger partial charge in [-0.05, 0) is 25.1 Å². The van der Waals surface area contributed by atoms with Gasteiger partial charge in [0.15, 0.2) is 0 Å². The Hall–Kier alpha value is -1.31. The zero-order chi connectivity index (χ0) is 9.68. The molecule has 0 saturated heterocycles. The molecule has 1 aromatic rings. The Morgan fingerprint density at radius 2 is 2.31 bits per heavy atom.